The SMILES string of the molecule is CCO[C@H](O)CCc1ccc(OCCn2cnc3ccccc32)cc1. The summed E-state index contributed by atoms with van der Waals surface area (Å²) in [6, 6.07) is 16.1. The molecule has 0 radical (unpaired) electrons. The quantitative estimate of drug-likeness (QED) is 0.607. The summed E-state index contributed by atoms with van der Waals surface area (Å²) >= 11 is 0. The number of ether oxygens (including phenoxy) is 2. The second-order valence-corrected chi connectivity index (χ2v) is 5.87. The number of aromatic nitrogens is 2. The highest BCUT2D eigenvalue weighted by molar-refractivity contribution is 5.74. The first-order chi connectivity index (χ1) is 12.3. The lowest BCUT2D eigenvalue weighted by Crippen LogP contribution is -2.12. The lowest BCUT2D eigenvalue weighted by molar-refractivity contribution is -0.0980. The van der Waals surface area contributed by atoms with Crippen LogP contribution in [0.15, 0.2) is 54.9 Å². The van der Waals surface area contributed by atoms with Crippen LogP contribution in [-0.4, -0.2) is 34.2 Å². The fourth-order valence-corrected chi connectivity index (χ4v) is 2.77. The standard InChI is InChI=1S/C20H24N2O3/c1-2-24-20(23)12-9-16-7-10-17(11-8-16)25-14-13-22-15-21-18-5-3-4-6-19(18)22/h3-8,10-11,15,20,23H,2,9,12-14H2,1H3/t20-/m0/s1. The molecule has 2 aromatic carbocycles. The number of para-hydroxylation sites is 2. The maximum absolute atomic E-state index is 9.59. The van der Waals surface area contributed by atoms with Gasteiger partial charge in [-0.25, -0.2) is 4.98 Å². The van der Waals surface area contributed by atoms with Gasteiger partial charge in [0.2, 0.25) is 0 Å². The van der Waals surface area contributed by atoms with Crippen molar-refractivity contribution in [2.75, 3.05) is 13.2 Å². The molecule has 3 aromatic rings. The summed E-state index contributed by atoms with van der Waals surface area (Å²) in [5.74, 6) is 0.846. The average Bonchev–Trinajstić information content (AvgIpc) is 3.05. The van der Waals surface area contributed by atoms with Crippen molar-refractivity contribution in [3.05, 3.63) is 60.4 Å². The first-order valence-electron chi connectivity index (χ1n) is 8.67. The molecule has 0 fully saturated rings. The number of aryl methyl sites for hydroxylation is 1. The van der Waals surface area contributed by atoms with E-state index < -0.39 is 6.29 Å². The highest BCUT2D eigenvalue weighted by Gasteiger charge is 2.04. The summed E-state index contributed by atoms with van der Waals surface area (Å²) in [6.45, 7) is 3.74. The van der Waals surface area contributed by atoms with Gasteiger partial charge in [-0.2, -0.15) is 0 Å². The van der Waals surface area contributed by atoms with Gasteiger partial charge >= 0.3 is 0 Å². The Hall–Kier alpha value is -2.37. The molecule has 5 nitrogen and oxygen atoms in total. The van der Waals surface area contributed by atoms with E-state index in [4.69, 9.17) is 9.47 Å². The van der Waals surface area contributed by atoms with E-state index in [2.05, 4.69) is 15.6 Å². The molecule has 0 aliphatic heterocycles. The lowest BCUT2D eigenvalue weighted by Gasteiger charge is -2.11. The van der Waals surface area contributed by atoms with Crippen LogP contribution in [0.3, 0.4) is 0 Å². The van der Waals surface area contributed by atoms with Crippen LogP contribution in [0.25, 0.3) is 11.0 Å². The summed E-state index contributed by atoms with van der Waals surface area (Å²) in [6.07, 6.45) is 2.54. The molecule has 0 saturated heterocycles. The molecule has 132 valence electrons. The number of nitrogens with zero attached hydrogens (tertiary/aromatic N) is 2. The molecule has 1 N–H and O–H groups in total. The molecule has 0 saturated carbocycles. The minimum absolute atomic E-state index is 0.528. The Labute approximate surface area is 147 Å². The van der Waals surface area contributed by atoms with Gasteiger partial charge in [0.25, 0.3) is 0 Å². The molecule has 1 atom stereocenters. The van der Waals surface area contributed by atoms with Crippen LogP contribution in [0.5, 0.6) is 5.75 Å². The topological polar surface area (TPSA) is 56.5 Å². The number of hydrogen-bond donors (Lipinski definition) is 1. The minimum Gasteiger partial charge on any atom is -0.492 e. The van der Waals surface area contributed by atoms with Crippen LogP contribution in [-0.2, 0) is 17.7 Å². The summed E-state index contributed by atoms with van der Waals surface area (Å²) in [4.78, 5) is 4.38. The van der Waals surface area contributed by atoms with Crippen molar-refractivity contribution < 1.29 is 14.6 Å². The zero-order valence-electron chi connectivity index (χ0n) is 14.5. The zero-order chi connectivity index (χ0) is 17.5. The van der Waals surface area contributed by atoms with E-state index in [0.29, 0.717) is 19.6 Å². The summed E-state index contributed by atoms with van der Waals surface area (Å²) < 4.78 is 13.1. The molecule has 0 aliphatic carbocycles. The average molecular weight is 340 g/mol. The van der Waals surface area contributed by atoms with Gasteiger partial charge in [-0.1, -0.05) is 24.3 Å². The first kappa shape index (κ1) is 17.5. The molecule has 0 amide bonds. The highest BCUT2D eigenvalue weighted by Crippen LogP contribution is 2.15. The Kier molecular flexibility index (Phi) is 6.04. The molecule has 3 rings (SSSR count). The Morgan fingerprint density at radius 3 is 2.72 bits per heavy atom. The highest BCUT2D eigenvalue weighted by atomic mass is 16.6. The lowest BCUT2D eigenvalue weighted by atomic mass is 10.1. The Bertz CT molecular complexity index is 783. The van der Waals surface area contributed by atoms with Gasteiger partial charge in [0.1, 0.15) is 12.4 Å². The van der Waals surface area contributed by atoms with E-state index in [1.165, 1.54) is 0 Å². The number of hydrogen-bond acceptors (Lipinski definition) is 4. The third-order valence-corrected chi connectivity index (χ3v) is 4.09. The zero-order valence-corrected chi connectivity index (χ0v) is 14.5. The molecule has 1 aromatic heterocycles. The molecule has 25 heavy (non-hydrogen) atoms. The van der Waals surface area contributed by atoms with Crippen LogP contribution in [0, 0.1) is 0 Å². The van der Waals surface area contributed by atoms with Gasteiger partial charge < -0.3 is 19.1 Å². The van der Waals surface area contributed by atoms with Crippen LogP contribution >= 0.6 is 0 Å². The largest absolute Gasteiger partial charge is 0.492 e. The van der Waals surface area contributed by atoms with Crippen molar-refractivity contribution in [2.45, 2.75) is 32.6 Å². The van der Waals surface area contributed by atoms with E-state index in [1.54, 1.807) is 0 Å². The Morgan fingerprint density at radius 2 is 1.92 bits per heavy atom. The number of benzene rings is 2. The molecule has 0 spiro atoms. The maximum Gasteiger partial charge on any atom is 0.154 e. The van der Waals surface area contributed by atoms with Gasteiger partial charge in [0, 0.05) is 13.0 Å². The second-order valence-electron chi connectivity index (χ2n) is 5.87. The molecule has 1 heterocycles. The Balaban J connectivity index is 1.47. The summed E-state index contributed by atoms with van der Waals surface area (Å²) in [5, 5.41) is 9.59. The smallest absolute Gasteiger partial charge is 0.154 e. The molecule has 0 bridgehead atoms. The van der Waals surface area contributed by atoms with Crippen molar-refractivity contribution in [3.63, 3.8) is 0 Å². The van der Waals surface area contributed by atoms with Gasteiger partial charge in [-0.05, 0) is 43.2 Å². The molecule has 5 heteroatoms. The van der Waals surface area contributed by atoms with Crippen molar-refractivity contribution in [2.24, 2.45) is 0 Å². The van der Waals surface area contributed by atoms with E-state index >= 15 is 0 Å². The van der Waals surface area contributed by atoms with Crippen molar-refractivity contribution in [1.29, 1.82) is 0 Å². The molecular weight excluding hydrogens is 316 g/mol. The van der Waals surface area contributed by atoms with E-state index in [1.807, 2.05) is 55.7 Å². The van der Waals surface area contributed by atoms with Crippen LogP contribution in [0.2, 0.25) is 0 Å². The first-order valence-corrected chi connectivity index (χ1v) is 8.67. The fourth-order valence-electron chi connectivity index (χ4n) is 2.77. The van der Waals surface area contributed by atoms with E-state index in [-0.39, 0.29) is 0 Å². The summed E-state index contributed by atoms with van der Waals surface area (Å²) in [7, 11) is 0. The third-order valence-electron chi connectivity index (χ3n) is 4.09. The predicted octanol–water partition coefficient (Wildman–Crippen LogP) is 3.40. The van der Waals surface area contributed by atoms with Gasteiger partial charge in [-0.15, -0.1) is 0 Å². The number of rotatable bonds is 9. The van der Waals surface area contributed by atoms with Crippen molar-refractivity contribution >= 4 is 11.0 Å². The van der Waals surface area contributed by atoms with Gasteiger partial charge in [0.05, 0.1) is 23.9 Å². The fraction of sp³-hybridized carbons (Fsp3) is 0.350. The molecule has 0 aliphatic rings. The number of aliphatic hydroxyl groups excluding tert-OH is 1. The predicted molar refractivity (Wildman–Crippen MR) is 97.6 cm³/mol. The Morgan fingerprint density at radius 1 is 1.12 bits per heavy atom. The number of fused-ring (bicyclic) bond motifs is 1. The summed E-state index contributed by atoms with van der Waals surface area (Å²) in [5.41, 5.74) is 3.28. The molecule has 0 unspecified atom stereocenters. The van der Waals surface area contributed by atoms with E-state index in [9.17, 15) is 5.11 Å². The molecular formula is C20H24N2O3. The number of aliphatic hydroxyl groups is 1. The number of imidazole rings is 1. The minimum atomic E-state index is -0.689. The van der Waals surface area contributed by atoms with Crippen molar-refractivity contribution in [1.82, 2.24) is 9.55 Å². The van der Waals surface area contributed by atoms with Crippen LogP contribution < -0.4 is 4.74 Å². The normalized spacial score (nSPS) is 12.4. The van der Waals surface area contributed by atoms with Crippen molar-refractivity contribution in [3.8, 4) is 5.75 Å². The van der Waals surface area contributed by atoms with Gasteiger partial charge in [0.15, 0.2) is 6.29 Å². The maximum atomic E-state index is 9.59. The monoisotopic (exact) mass is 340 g/mol. The second kappa shape index (κ2) is 8.65. The van der Waals surface area contributed by atoms with Crippen LogP contribution in [0.1, 0.15) is 18.9 Å². The van der Waals surface area contributed by atoms with Gasteiger partial charge in [-0.3, -0.25) is 0 Å². The van der Waals surface area contributed by atoms with Crippen LogP contribution in [0.4, 0.5) is 0 Å². The third kappa shape index (κ3) is 4.81. The van der Waals surface area contributed by atoms with E-state index in [0.717, 1.165) is 35.3 Å².